The number of carbonyl (C=O) groups is 1. The highest BCUT2D eigenvalue weighted by Gasteiger charge is 2.09. The lowest BCUT2D eigenvalue weighted by atomic mass is 9.99. The summed E-state index contributed by atoms with van der Waals surface area (Å²) in [6.45, 7) is 4.29. The highest BCUT2D eigenvalue weighted by atomic mass is 16.5. The highest BCUT2D eigenvalue weighted by Crippen LogP contribution is 2.29. The van der Waals surface area contributed by atoms with E-state index in [1.165, 1.54) is 5.56 Å². The van der Waals surface area contributed by atoms with Crippen LogP contribution in [0.25, 0.3) is 0 Å². The quantitative estimate of drug-likeness (QED) is 0.779. The topological polar surface area (TPSA) is 56.8 Å². The van der Waals surface area contributed by atoms with Crippen molar-refractivity contribution in [2.24, 2.45) is 0 Å². The fourth-order valence-corrected chi connectivity index (χ4v) is 2.39. The SMILES string of the molecule is CC[C@@H](C)c1ccc(OCC(=O)Nc2ccc(OC)c(OC)c2)cc1. The Morgan fingerprint density at radius 1 is 1.04 bits per heavy atom. The van der Waals surface area contributed by atoms with Gasteiger partial charge in [-0.25, -0.2) is 0 Å². The summed E-state index contributed by atoms with van der Waals surface area (Å²) >= 11 is 0. The zero-order valence-corrected chi connectivity index (χ0v) is 15.2. The first-order valence-electron chi connectivity index (χ1n) is 8.32. The van der Waals surface area contributed by atoms with Crippen LogP contribution < -0.4 is 19.5 Å². The molecule has 0 aliphatic heterocycles. The van der Waals surface area contributed by atoms with Crippen LogP contribution in [0, 0.1) is 0 Å². The molecule has 0 radical (unpaired) electrons. The van der Waals surface area contributed by atoms with E-state index in [2.05, 4.69) is 19.2 Å². The van der Waals surface area contributed by atoms with Crippen LogP contribution in [0.1, 0.15) is 31.7 Å². The highest BCUT2D eigenvalue weighted by molar-refractivity contribution is 5.92. The normalized spacial score (nSPS) is 11.5. The van der Waals surface area contributed by atoms with E-state index in [0.29, 0.717) is 28.9 Å². The molecule has 134 valence electrons. The molecule has 1 N–H and O–H groups in total. The Morgan fingerprint density at radius 3 is 2.32 bits per heavy atom. The van der Waals surface area contributed by atoms with Crippen molar-refractivity contribution in [3.8, 4) is 17.2 Å². The summed E-state index contributed by atoms with van der Waals surface area (Å²) < 4.78 is 15.9. The Labute approximate surface area is 148 Å². The minimum absolute atomic E-state index is 0.0585. The molecular formula is C20H25NO4. The zero-order chi connectivity index (χ0) is 18.2. The number of anilines is 1. The Bertz CT molecular complexity index is 697. The van der Waals surface area contributed by atoms with E-state index in [-0.39, 0.29) is 12.5 Å². The summed E-state index contributed by atoms with van der Waals surface area (Å²) in [6.07, 6.45) is 1.09. The van der Waals surface area contributed by atoms with Crippen molar-refractivity contribution in [1.82, 2.24) is 0 Å². The van der Waals surface area contributed by atoms with Crippen LogP contribution in [0.15, 0.2) is 42.5 Å². The molecule has 5 nitrogen and oxygen atoms in total. The number of hydrogen-bond acceptors (Lipinski definition) is 4. The second kappa shape index (κ2) is 8.97. The Kier molecular flexibility index (Phi) is 6.69. The molecule has 0 aliphatic carbocycles. The number of benzene rings is 2. The number of nitrogens with one attached hydrogen (secondary N) is 1. The van der Waals surface area contributed by atoms with Crippen LogP contribution in [0.4, 0.5) is 5.69 Å². The van der Waals surface area contributed by atoms with Gasteiger partial charge in [0.05, 0.1) is 14.2 Å². The summed E-state index contributed by atoms with van der Waals surface area (Å²) in [4.78, 5) is 12.1. The van der Waals surface area contributed by atoms with E-state index >= 15 is 0 Å². The first kappa shape index (κ1) is 18.6. The van der Waals surface area contributed by atoms with E-state index in [9.17, 15) is 4.79 Å². The third-order valence-corrected chi connectivity index (χ3v) is 4.10. The summed E-state index contributed by atoms with van der Waals surface area (Å²) in [5.41, 5.74) is 1.89. The summed E-state index contributed by atoms with van der Waals surface area (Å²) in [7, 11) is 3.12. The lowest BCUT2D eigenvalue weighted by Crippen LogP contribution is -2.20. The molecule has 0 fully saturated rings. The van der Waals surface area contributed by atoms with E-state index in [1.807, 2.05) is 24.3 Å². The number of ether oxygens (including phenoxy) is 3. The number of methoxy groups -OCH3 is 2. The molecule has 2 rings (SSSR count). The van der Waals surface area contributed by atoms with Gasteiger partial charge in [0.15, 0.2) is 18.1 Å². The van der Waals surface area contributed by atoms with Crippen LogP contribution >= 0.6 is 0 Å². The third-order valence-electron chi connectivity index (χ3n) is 4.10. The minimum atomic E-state index is -0.238. The monoisotopic (exact) mass is 343 g/mol. The summed E-state index contributed by atoms with van der Waals surface area (Å²) in [6, 6.07) is 13.1. The predicted molar refractivity (Wildman–Crippen MR) is 98.8 cm³/mol. The fourth-order valence-electron chi connectivity index (χ4n) is 2.39. The van der Waals surface area contributed by atoms with Gasteiger partial charge in [-0.2, -0.15) is 0 Å². The van der Waals surface area contributed by atoms with Gasteiger partial charge in [0, 0.05) is 11.8 Å². The van der Waals surface area contributed by atoms with Crippen molar-refractivity contribution in [3.63, 3.8) is 0 Å². The molecular weight excluding hydrogens is 318 g/mol. The van der Waals surface area contributed by atoms with Crippen molar-refractivity contribution in [3.05, 3.63) is 48.0 Å². The lowest BCUT2D eigenvalue weighted by molar-refractivity contribution is -0.118. The smallest absolute Gasteiger partial charge is 0.262 e. The summed E-state index contributed by atoms with van der Waals surface area (Å²) in [5.74, 6) is 2.12. The van der Waals surface area contributed by atoms with E-state index < -0.39 is 0 Å². The second-order valence-electron chi connectivity index (χ2n) is 5.78. The van der Waals surface area contributed by atoms with Gasteiger partial charge in [0.1, 0.15) is 5.75 Å². The predicted octanol–water partition coefficient (Wildman–Crippen LogP) is 4.23. The molecule has 0 aromatic heterocycles. The number of rotatable bonds is 8. The van der Waals surface area contributed by atoms with Gasteiger partial charge in [0.2, 0.25) is 0 Å². The van der Waals surface area contributed by atoms with E-state index in [4.69, 9.17) is 14.2 Å². The zero-order valence-electron chi connectivity index (χ0n) is 15.2. The van der Waals surface area contributed by atoms with Crippen molar-refractivity contribution in [2.45, 2.75) is 26.2 Å². The lowest BCUT2D eigenvalue weighted by Gasteiger charge is -2.12. The molecule has 2 aromatic rings. The van der Waals surface area contributed by atoms with Crippen LogP contribution in [-0.4, -0.2) is 26.7 Å². The number of amides is 1. The molecule has 5 heteroatoms. The van der Waals surface area contributed by atoms with Crippen LogP contribution in [-0.2, 0) is 4.79 Å². The molecule has 0 spiro atoms. The van der Waals surface area contributed by atoms with Gasteiger partial charge < -0.3 is 19.5 Å². The van der Waals surface area contributed by atoms with Crippen LogP contribution in [0.3, 0.4) is 0 Å². The molecule has 0 bridgehead atoms. The molecule has 0 aliphatic rings. The average molecular weight is 343 g/mol. The maximum Gasteiger partial charge on any atom is 0.262 e. The third kappa shape index (κ3) is 5.14. The van der Waals surface area contributed by atoms with E-state index in [1.54, 1.807) is 32.4 Å². The summed E-state index contributed by atoms with van der Waals surface area (Å²) in [5, 5.41) is 2.78. The van der Waals surface area contributed by atoms with Gasteiger partial charge in [-0.1, -0.05) is 26.0 Å². The average Bonchev–Trinajstić information content (AvgIpc) is 2.66. The molecule has 2 aromatic carbocycles. The molecule has 1 amide bonds. The van der Waals surface area contributed by atoms with Gasteiger partial charge in [-0.05, 0) is 42.2 Å². The van der Waals surface area contributed by atoms with Crippen molar-refractivity contribution in [1.29, 1.82) is 0 Å². The molecule has 0 heterocycles. The van der Waals surface area contributed by atoms with Gasteiger partial charge in [-0.3, -0.25) is 4.79 Å². The Balaban J connectivity index is 1.90. The van der Waals surface area contributed by atoms with E-state index in [0.717, 1.165) is 6.42 Å². The standard InChI is InChI=1S/C20H25NO4/c1-5-14(2)15-6-9-17(10-7-15)25-13-20(22)21-16-8-11-18(23-3)19(12-16)24-4/h6-12,14H,5,13H2,1-4H3,(H,21,22)/t14-/m1/s1. The number of hydrogen-bond donors (Lipinski definition) is 1. The van der Waals surface area contributed by atoms with Crippen molar-refractivity contribution in [2.75, 3.05) is 26.1 Å². The minimum Gasteiger partial charge on any atom is -0.493 e. The first-order valence-corrected chi connectivity index (χ1v) is 8.32. The molecule has 1 atom stereocenters. The van der Waals surface area contributed by atoms with Crippen LogP contribution in [0.5, 0.6) is 17.2 Å². The maximum atomic E-state index is 12.1. The molecule has 0 saturated carbocycles. The maximum absolute atomic E-state index is 12.1. The van der Waals surface area contributed by atoms with Gasteiger partial charge >= 0.3 is 0 Å². The molecule has 0 saturated heterocycles. The fraction of sp³-hybridized carbons (Fsp3) is 0.350. The Morgan fingerprint density at radius 2 is 1.72 bits per heavy atom. The largest absolute Gasteiger partial charge is 0.493 e. The second-order valence-corrected chi connectivity index (χ2v) is 5.78. The first-order chi connectivity index (χ1) is 12.1. The van der Waals surface area contributed by atoms with Crippen molar-refractivity contribution < 1.29 is 19.0 Å². The van der Waals surface area contributed by atoms with Gasteiger partial charge in [0.25, 0.3) is 5.91 Å². The molecule has 0 unspecified atom stereocenters. The molecule has 25 heavy (non-hydrogen) atoms. The number of carbonyl (C=O) groups excluding carboxylic acids is 1. The van der Waals surface area contributed by atoms with Crippen LogP contribution in [0.2, 0.25) is 0 Å². The van der Waals surface area contributed by atoms with Gasteiger partial charge in [-0.15, -0.1) is 0 Å². The Hall–Kier alpha value is -2.69. The van der Waals surface area contributed by atoms with Crippen molar-refractivity contribution >= 4 is 11.6 Å².